The summed E-state index contributed by atoms with van der Waals surface area (Å²) in [5.74, 6) is -0.633. The zero-order valence-electron chi connectivity index (χ0n) is 13.1. The molecule has 1 aromatic carbocycles. The molecule has 140 valence electrons. The maximum atomic E-state index is 12.0. The molecule has 1 aliphatic heterocycles. The molecule has 0 spiro atoms. The van der Waals surface area contributed by atoms with E-state index in [1.807, 2.05) is 0 Å². The molecule has 1 aliphatic rings. The second-order valence-electron chi connectivity index (χ2n) is 5.39. The van der Waals surface area contributed by atoms with Gasteiger partial charge in [0.15, 0.2) is 5.13 Å². The summed E-state index contributed by atoms with van der Waals surface area (Å²) in [7, 11) is -3.81. The molecule has 2 amide bonds. The van der Waals surface area contributed by atoms with Crippen molar-refractivity contribution in [2.45, 2.75) is 23.0 Å². The Balaban J connectivity index is 1.61. The molecule has 0 bridgehead atoms. The molecule has 1 aromatic heterocycles. The fourth-order valence-electron chi connectivity index (χ4n) is 2.20. The Morgan fingerprint density at radius 2 is 2.27 bits per heavy atom. The van der Waals surface area contributed by atoms with Gasteiger partial charge in [0.2, 0.25) is 21.8 Å². The van der Waals surface area contributed by atoms with Gasteiger partial charge in [-0.25, -0.2) is 18.5 Å². The summed E-state index contributed by atoms with van der Waals surface area (Å²) < 4.78 is 23.3. The van der Waals surface area contributed by atoms with Crippen molar-refractivity contribution in [2.75, 3.05) is 11.1 Å². The minimum Gasteiger partial charge on any atom is -0.378 e. The second kappa shape index (κ2) is 7.46. The highest BCUT2D eigenvalue weighted by molar-refractivity contribution is 8.00. The molecule has 10 nitrogen and oxygen atoms in total. The smallest absolute Gasteiger partial charge is 0.238 e. The van der Waals surface area contributed by atoms with Crippen LogP contribution in [0.3, 0.4) is 0 Å². The van der Waals surface area contributed by atoms with Gasteiger partial charge in [-0.15, -0.1) is 11.8 Å². The van der Waals surface area contributed by atoms with Crippen LogP contribution in [0.25, 0.3) is 10.2 Å². The number of rotatable bonds is 5. The number of thiazole rings is 1. The molecule has 6 N–H and O–H groups in total. The minimum atomic E-state index is -3.81. The molecule has 1 fully saturated rings. The van der Waals surface area contributed by atoms with E-state index >= 15 is 0 Å². The molecule has 2 unspecified atom stereocenters. The number of amides is 2. The van der Waals surface area contributed by atoms with E-state index in [1.165, 1.54) is 18.2 Å². The number of hydrogen-bond acceptors (Lipinski definition) is 9. The SMILES string of the molecule is NS(=O)(=O)c1ccc2nc(NC(=O)CSC3NC(=O)CC(O)N3)sc2c1. The Kier molecular flexibility index (Phi) is 5.45. The van der Waals surface area contributed by atoms with Gasteiger partial charge in [-0.2, -0.15) is 0 Å². The third kappa shape index (κ3) is 4.69. The molecular formula is C13H15N5O5S3. The monoisotopic (exact) mass is 417 g/mol. The number of nitrogens with one attached hydrogen (secondary N) is 3. The summed E-state index contributed by atoms with van der Waals surface area (Å²) in [5, 5.41) is 22.8. The van der Waals surface area contributed by atoms with Gasteiger partial charge in [-0.1, -0.05) is 11.3 Å². The van der Waals surface area contributed by atoms with Crippen LogP contribution in [0, 0.1) is 0 Å². The van der Waals surface area contributed by atoms with Gasteiger partial charge in [0.05, 0.1) is 27.3 Å². The summed E-state index contributed by atoms with van der Waals surface area (Å²) in [5.41, 5.74) is -0.0284. The molecule has 2 aromatic rings. The molecule has 26 heavy (non-hydrogen) atoms. The third-order valence-corrected chi connectivity index (χ3v) is 6.19. The number of hydrogen-bond donors (Lipinski definition) is 5. The molecule has 13 heteroatoms. The van der Waals surface area contributed by atoms with Gasteiger partial charge < -0.3 is 15.7 Å². The van der Waals surface area contributed by atoms with Gasteiger partial charge >= 0.3 is 0 Å². The van der Waals surface area contributed by atoms with Crippen LogP contribution in [-0.4, -0.2) is 47.8 Å². The molecule has 0 aliphatic carbocycles. The maximum Gasteiger partial charge on any atom is 0.238 e. The number of thioether (sulfide) groups is 1. The topological polar surface area (TPSA) is 164 Å². The number of aliphatic hydroxyl groups is 1. The highest BCUT2D eigenvalue weighted by Crippen LogP contribution is 2.28. The Morgan fingerprint density at radius 3 is 2.96 bits per heavy atom. The van der Waals surface area contributed by atoms with E-state index in [0.717, 1.165) is 23.1 Å². The summed E-state index contributed by atoms with van der Waals surface area (Å²) in [6.45, 7) is 0. The fourth-order valence-corrected chi connectivity index (χ4v) is 4.59. The third-order valence-electron chi connectivity index (χ3n) is 3.33. The highest BCUT2D eigenvalue weighted by atomic mass is 32.2. The first-order chi connectivity index (χ1) is 12.2. The van der Waals surface area contributed by atoms with Gasteiger partial charge in [0, 0.05) is 0 Å². The van der Waals surface area contributed by atoms with Crippen molar-refractivity contribution in [1.29, 1.82) is 0 Å². The number of primary sulfonamides is 1. The van der Waals surface area contributed by atoms with E-state index in [9.17, 15) is 23.1 Å². The lowest BCUT2D eigenvalue weighted by Crippen LogP contribution is -2.54. The zero-order chi connectivity index (χ0) is 18.9. The molecular weight excluding hydrogens is 402 g/mol. The first-order valence-electron chi connectivity index (χ1n) is 7.29. The van der Waals surface area contributed by atoms with Crippen molar-refractivity contribution in [3.05, 3.63) is 18.2 Å². The van der Waals surface area contributed by atoms with E-state index in [4.69, 9.17) is 5.14 Å². The largest absolute Gasteiger partial charge is 0.378 e. The van der Waals surface area contributed by atoms with Crippen LogP contribution in [0.5, 0.6) is 0 Å². The van der Waals surface area contributed by atoms with Crippen LogP contribution >= 0.6 is 23.1 Å². The predicted molar refractivity (Wildman–Crippen MR) is 97.8 cm³/mol. The lowest BCUT2D eigenvalue weighted by Gasteiger charge is -2.27. The molecule has 2 heterocycles. The van der Waals surface area contributed by atoms with Crippen LogP contribution in [0.4, 0.5) is 5.13 Å². The molecule has 3 rings (SSSR count). The lowest BCUT2D eigenvalue weighted by molar-refractivity contribution is -0.126. The van der Waals surface area contributed by atoms with Crippen LogP contribution < -0.4 is 21.1 Å². The van der Waals surface area contributed by atoms with E-state index in [1.54, 1.807) is 0 Å². The Morgan fingerprint density at radius 1 is 1.50 bits per heavy atom. The minimum absolute atomic E-state index is 0.0169. The number of sulfonamides is 1. The van der Waals surface area contributed by atoms with Crippen molar-refractivity contribution in [3.63, 3.8) is 0 Å². The second-order valence-corrected chi connectivity index (χ2v) is 9.07. The molecule has 0 radical (unpaired) electrons. The number of aromatic nitrogens is 1. The van der Waals surface area contributed by atoms with Crippen molar-refractivity contribution in [3.8, 4) is 0 Å². The average molecular weight is 417 g/mol. The molecule has 0 saturated carbocycles. The first kappa shape index (κ1) is 19.0. The number of aliphatic hydroxyl groups excluding tert-OH is 1. The number of anilines is 1. The van der Waals surface area contributed by atoms with Crippen molar-refractivity contribution in [1.82, 2.24) is 15.6 Å². The molecule has 1 saturated heterocycles. The van der Waals surface area contributed by atoms with Crippen molar-refractivity contribution >= 4 is 60.3 Å². The number of carbonyl (C=O) groups is 2. The van der Waals surface area contributed by atoms with Gasteiger partial charge in [0.25, 0.3) is 0 Å². The van der Waals surface area contributed by atoms with Crippen LogP contribution in [0.2, 0.25) is 0 Å². The van der Waals surface area contributed by atoms with Gasteiger partial charge in [0.1, 0.15) is 11.7 Å². The predicted octanol–water partition coefficient (Wildman–Crippen LogP) is -0.673. The van der Waals surface area contributed by atoms with Gasteiger partial charge in [-0.3, -0.25) is 14.9 Å². The van der Waals surface area contributed by atoms with Gasteiger partial charge in [-0.05, 0) is 18.2 Å². The standard InChI is InChI=1S/C13H15N5O5S3/c14-26(22,23)6-1-2-7-8(3-6)25-13(15-7)18-11(21)5-24-12-16-9(19)4-10(20)17-12/h1-3,9,12,16,19H,4-5H2,(H,17,20)(H2,14,22,23)(H,15,18,21). The Labute approximate surface area is 156 Å². The lowest BCUT2D eigenvalue weighted by atomic mass is 10.3. The summed E-state index contributed by atoms with van der Waals surface area (Å²) in [4.78, 5) is 27.6. The average Bonchev–Trinajstić information content (AvgIpc) is 2.92. The summed E-state index contributed by atoms with van der Waals surface area (Å²) in [6, 6.07) is 4.26. The van der Waals surface area contributed by atoms with E-state index in [0.29, 0.717) is 15.3 Å². The molecule has 2 atom stereocenters. The van der Waals surface area contributed by atoms with Crippen molar-refractivity contribution in [2.24, 2.45) is 5.14 Å². The van der Waals surface area contributed by atoms with Crippen molar-refractivity contribution < 1.29 is 23.1 Å². The number of carbonyl (C=O) groups excluding carboxylic acids is 2. The Hall–Kier alpha value is -1.77. The fraction of sp³-hybridized carbons (Fsp3) is 0.308. The van der Waals surface area contributed by atoms with Crippen LogP contribution in [-0.2, 0) is 19.6 Å². The number of benzene rings is 1. The van der Waals surface area contributed by atoms with Crippen LogP contribution in [0.15, 0.2) is 23.1 Å². The number of nitrogens with zero attached hydrogens (tertiary/aromatic N) is 1. The van der Waals surface area contributed by atoms with E-state index in [2.05, 4.69) is 20.9 Å². The Bertz CT molecular complexity index is 960. The first-order valence-corrected chi connectivity index (χ1v) is 10.7. The maximum absolute atomic E-state index is 12.0. The van der Waals surface area contributed by atoms with E-state index < -0.39 is 21.7 Å². The zero-order valence-corrected chi connectivity index (χ0v) is 15.6. The van der Waals surface area contributed by atoms with E-state index in [-0.39, 0.29) is 28.9 Å². The number of fused-ring (bicyclic) bond motifs is 1. The normalized spacial score (nSPS) is 20.8. The van der Waals surface area contributed by atoms with Crippen LogP contribution in [0.1, 0.15) is 6.42 Å². The quantitative estimate of drug-likeness (QED) is 0.427. The highest BCUT2D eigenvalue weighted by Gasteiger charge is 2.24. The number of nitrogens with two attached hydrogens (primary N) is 1. The summed E-state index contributed by atoms with van der Waals surface area (Å²) in [6.07, 6.45) is -0.975. The summed E-state index contributed by atoms with van der Waals surface area (Å²) >= 11 is 2.23.